The van der Waals surface area contributed by atoms with Gasteiger partial charge in [-0.25, -0.2) is 14.3 Å². The molecule has 0 bridgehead atoms. The van der Waals surface area contributed by atoms with Gasteiger partial charge < -0.3 is 10.1 Å². The van der Waals surface area contributed by atoms with Crippen molar-refractivity contribution in [2.24, 2.45) is 0 Å². The standard InChI is InChI=1S/C24H17ClN4O3S/c1-13-3-5-14(6-4-13)18-9-10-26-22-17(12-27-29(18)22)23(30)28-15-7-8-16-19(11-15)33-21(20(16)25)24(31)32-2/h3-12H,1-2H3,(H,28,30). The van der Waals surface area contributed by atoms with Crippen molar-refractivity contribution in [2.45, 2.75) is 6.92 Å². The number of nitrogens with one attached hydrogen (secondary N) is 1. The Morgan fingerprint density at radius 1 is 1.12 bits per heavy atom. The van der Waals surface area contributed by atoms with E-state index in [9.17, 15) is 9.59 Å². The fraction of sp³-hybridized carbons (Fsp3) is 0.0833. The second kappa shape index (κ2) is 8.31. The number of amides is 1. The Morgan fingerprint density at radius 3 is 2.67 bits per heavy atom. The monoisotopic (exact) mass is 476 g/mol. The minimum Gasteiger partial charge on any atom is -0.465 e. The van der Waals surface area contributed by atoms with Gasteiger partial charge in [-0.1, -0.05) is 41.4 Å². The SMILES string of the molecule is COC(=O)c1sc2cc(NC(=O)c3cnn4c(-c5ccc(C)cc5)ccnc34)ccc2c1Cl. The molecule has 5 rings (SSSR count). The molecule has 1 N–H and O–H groups in total. The third kappa shape index (κ3) is 3.73. The molecule has 0 saturated carbocycles. The van der Waals surface area contributed by atoms with Crippen LogP contribution in [0.1, 0.15) is 25.6 Å². The molecule has 1 amide bonds. The molecule has 0 saturated heterocycles. The predicted octanol–water partition coefficient (Wildman–Crippen LogP) is 5.61. The van der Waals surface area contributed by atoms with Crippen LogP contribution in [0.2, 0.25) is 5.02 Å². The molecule has 0 atom stereocenters. The highest BCUT2D eigenvalue weighted by Gasteiger charge is 2.19. The maximum absolute atomic E-state index is 13.0. The van der Waals surface area contributed by atoms with E-state index in [1.807, 2.05) is 37.3 Å². The maximum Gasteiger partial charge on any atom is 0.349 e. The molecule has 0 radical (unpaired) electrons. The van der Waals surface area contributed by atoms with Gasteiger partial charge in [0.15, 0.2) is 5.65 Å². The normalized spacial score (nSPS) is 11.1. The summed E-state index contributed by atoms with van der Waals surface area (Å²) in [4.78, 5) is 29.7. The fourth-order valence-electron chi connectivity index (χ4n) is 3.56. The van der Waals surface area contributed by atoms with Gasteiger partial charge in [0, 0.05) is 27.5 Å². The number of ether oxygens (including phenoxy) is 1. The maximum atomic E-state index is 13.0. The van der Waals surface area contributed by atoms with Crippen molar-refractivity contribution in [1.82, 2.24) is 14.6 Å². The van der Waals surface area contributed by atoms with Gasteiger partial charge >= 0.3 is 5.97 Å². The van der Waals surface area contributed by atoms with Gasteiger partial charge in [-0.2, -0.15) is 5.10 Å². The number of esters is 1. The number of hydrogen-bond acceptors (Lipinski definition) is 6. The van der Waals surface area contributed by atoms with Gasteiger partial charge in [-0.15, -0.1) is 11.3 Å². The highest BCUT2D eigenvalue weighted by Crippen LogP contribution is 2.37. The van der Waals surface area contributed by atoms with Crippen LogP contribution < -0.4 is 5.32 Å². The lowest BCUT2D eigenvalue weighted by molar-refractivity contribution is 0.0606. The van der Waals surface area contributed by atoms with Crippen LogP contribution in [0.4, 0.5) is 5.69 Å². The van der Waals surface area contributed by atoms with Gasteiger partial charge in [0.1, 0.15) is 10.4 Å². The predicted molar refractivity (Wildman–Crippen MR) is 129 cm³/mol. The Morgan fingerprint density at radius 2 is 1.91 bits per heavy atom. The molecule has 3 aromatic heterocycles. The molecular weight excluding hydrogens is 460 g/mol. The van der Waals surface area contributed by atoms with E-state index < -0.39 is 5.97 Å². The lowest BCUT2D eigenvalue weighted by atomic mass is 10.1. The number of halogens is 1. The average molecular weight is 477 g/mol. The Labute approximate surface area is 197 Å². The summed E-state index contributed by atoms with van der Waals surface area (Å²) in [7, 11) is 1.31. The number of methoxy groups -OCH3 is 1. The average Bonchev–Trinajstić information content (AvgIpc) is 3.40. The number of benzene rings is 2. The lowest BCUT2D eigenvalue weighted by Crippen LogP contribution is -2.12. The second-order valence-electron chi connectivity index (χ2n) is 7.39. The summed E-state index contributed by atoms with van der Waals surface area (Å²) in [6.07, 6.45) is 3.17. The molecule has 0 unspecified atom stereocenters. The van der Waals surface area contributed by atoms with Crippen LogP contribution >= 0.6 is 22.9 Å². The lowest BCUT2D eigenvalue weighted by Gasteiger charge is -2.06. The number of carbonyl (C=O) groups is 2. The van der Waals surface area contributed by atoms with Crippen molar-refractivity contribution in [1.29, 1.82) is 0 Å². The molecule has 9 heteroatoms. The summed E-state index contributed by atoms with van der Waals surface area (Å²) >= 11 is 7.52. The first-order chi connectivity index (χ1) is 16.0. The molecule has 5 aromatic rings. The van der Waals surface area contributed by atoms with E-state index in [2.05, 4.69) is 15.4 Å². The van der Waals surface area contributed by atoms with E-state index >= 15 is 0 Å². The molecule has 2 aromatic carbocycles. The Kier molecular flexibility index (Phi) is 5.32. The van der Waals surface area contributed by atoms with Crippen molar-refractivity contribution < 1.29 is 14.3 Å². The van der Waals surface area contributed by atoms with Crippen molar-refractivity contribution in [3.63, 3.8) is 0 Å². The van der Waals surface area contributed by atoms with Crippen LogP contribution in [0.5, 0.6) is 0 Å². The molecule has 0 fully saturated rings. The molecular formula is C24H17ClN4O3S. The summed E-state index contributed by atoms with van der Waals surface area (Å²) in [6.45, 7) is 2.03. The molecule has 7 nitrogen and oxygen atoms in total. The number of anilines is 1. The van der Waals surface area contributed by atoms with Crippen molar-refractivity contribution in [2.75, 3.05) is 12.4 Å². The minimum absolute atomic E-state index is 0.327. The third-order valence-electron chi connectivity index (χ3n) is 5.25. The molecule has 164 valence electrons. The van der Waals surface area contributed by atoms with Crippen LogP contribution in [0.25, 0.3) is 27.0 Å². The summed E-state index contributed by atoms with van der Waals surface area (Å²) in [5.41, 5.74) is 4.35. The summed E-state index contributed by atoms with van der Waals surface area (Å²) in [5.74, 6) is -0.831. The zero-order valence-electron chi connectivity index (χ0n) is 17.6. The van der Waals surface area contributed by atoms with E-state index in [1.54, 1.807) is 28.9 Å². The zero-order chi connectivity index (χ0) is 23.1. The fourth-order valence-corrected chi connectivity index (χ4v) is 5.03. The van der Waals surface area contributed by atoms with E-state index in [4.69, 9.17) is 16.3 Å². The van der Waals surface area contributed by atoms with Crippen molar-refractivity contribution >= 4 is 56.2 Å². The number of rotatable bonds is 4. The number of aromatic nitrogens is 3. The molecule has 0 aliphatic carbocycles. The number of nitrogens with zero attached hydrogens (tertiary/aromatic N) is 3. The van der Waals surface area contributed by atoms with Crippen molar-refractivity contribution in [3.8, 4) is 11.3 Å². The van der Waals surface area contributed by atoms with Crippen molar-refractivity contribution in [3.05, 3.63) is 82.0 Å². The topological polar surface area (TPSA) is 85.6 Å². The van der Waals surface area contributed by atoms with E-state index in [0.717, 1.165) is 26.9 Å². The zero-order valence-corrected chi connectivity index (χ0v) is 19.2. The summed E-state index contributed by atoms with van der Waals surface area (Å²) < 4.78 is 7.20. The quantitative estimate of drug-likeness (QED) is 0.341. The molecule has 0 spiro atoms. The summed E-state index contributed by atoms with van der Waals surface area (Å²) in [6, 6.07) is 15.2. The highest BCUT2D eigenvalue weighted by molar-refractivity contribution is 7.21. The van der Waals surface area contributed by atoms with Crippen LogP contribution in [0, 0.1) is 6.92 Å². The Bertz CT molecular complexity index is 1540. The number of hydrogen-bond donors (Lipinski definition) is 1. The largest absolute Gasteiger partial charge is 0.465 e. The van der Waals surface area contributed by atoms with Gasteiger partial charge in [-0.3, -0.25) is 4.79 Å². The van der Waals surface area contributed by atoms with Gasteiger partial charge in [0.2, 0.25) is 0 Å². The van der Waals surface area contributed by atoms with Crippen LogP contribution in [0.3, 0.4) is 0 Å². The van der Waals surface area contributed by atoms with Crippen LogP contribution in [0.15, 0.2) is 60.9 Å². The summed E-state index contributed by atoms with van der Waals surface area (Å²) in [5, 5.41) is 8.35. The minimum atomic E-state index is -0.492. The first-order valence-electron chi connectivity index (χ1n) is 9.98. The van der Waals surface area contributed by atoms with Crippen LogP contribution in [-0.4, -0.2) is 33.6 Å². The van der Waals surface area contributed by atoms with Gasteiger partial charge in [0.05, 0.1) is 24.0 Å². The van der Waals surface area contributed by atoms with E-state index in [-0.39, 0.29) is 5.91 Å². The van der Waals surface area contributed by atoms with E-state index in [1.165, 1.54) is 24.6 Å². The number of carbonyl (C=O) groups excluding carboxylic acids is 2. The van der Waals surface area contributed by atoms with Gasteiger partial charge in [-0.05, 0) is 31.2 Å². The Hall–Kier alpha value is -3.75. The van der Waals surface area contributed by atoms with E-state index in [0.29, 0.717) is 26.8 Å². The molecule has 0 aliphatic heterocycles. The second-order valence-corrected chi connectivity index (χ2v) is 8.82. The third-order valence-corrected chi connectivity index (χ3v) is 6.89. The number of thiophene rings is 1. The molecule has 3 heterocycles. The first-order valence-corrected chi connectivity index (χ1v) is 11.2. The van der Waals surface area contributed by atoms with Gasteiger partial charge in [0.25, 0.3) is 5.91 Å². The molecule has 33 heavy (non-hydrogen) atoms. The highest BCUT2D eigenvalue weighted by atomic mass is 35.5. The molecule has 0 aliphatic rings. The number of fused-ring (bicyclic) bond motifs is 2. The smallest absolute Gasteiger partial charge is 0.349 e. The number of aryl methyl sites for hydroxylation is 1. The Balaban J connectivity index is 1.47. The van der Waals surface area contributed by atoms with Crippen LogP contribution in [-0.2, 0) is 4.74 Å². The first kappa shape index (κ1) is 21.1.